The summed E-state index contributed by atoms with van der Waals surface area (Å²) in [5, 5.41) is 15.1. The van der Waals surface area contributed by atoms with Crippen LogP contribution < -0.4 is 27.8 Å². The van der Waals surface area contributed by atoms with Crippen molar-refractivity contribution in [2.75, 3.05) is 5.32 Å². The molecule has 200 valence electrons. The Hall–Kier alpha value is -4.02. The van der Waals surface area contributed by atoms with E-state index in [0.29, 0.717) is 23.7 Å². The van der Waals surface area contributed by atoms with Gasteiger partial charge in [0.2, 0.25) is 16.9 Å². The van der Waals surface area contributed by atoms with Gasteiger partial charge in [0.05, 0.1) is 12.8 Å². The minimum atomic E-state index is -0.208. The highest BCUT2D eigenvalue weighted by molar-refractivity contribution is 7.15. The van der Waals surface area contributed by atoms with E-state index >= 15 is 0 Å². The van der Waals surface area contributed by atoms with Gasteiger partial charge in [0.1, 0.15) is 10.8 Å². The van der Waals surface area contributed by atoms with Gasteiger partial charge in [-0.2, -0.15) is 0 Å². The zero-order valence-corrected chi connectivity index (χ0v) is 22.3. The van der Waals surface area contributed by atoms with E-state index in [4.69, 9.17) is 17.2 Å². The first kappa shape index (κ1) is 28.5. The Labute approximate surface area is 227 Å². The summed E-state index contributed by atoms with van der Waals surface area (Å²) >= 11 is 1.38. The molecule has 0 radical (unpaired) electrons. The van der Waals surface area contributed by atoms with Crippen molar-refractivity contribution in [3.63, 3.8) is 0 Å². The van der Waals surface area contributed by atoms with Gasteiger partial charge in [0, 0.05) is 18.2 Å². The molecule has 0 aliphatic carbocycles. The van der Waals surface area contributed by atoms with Gasteiger partial charge in [-0.25, -0.2) is 0 Å². The predicted octanol–water partition coefficient (Wildman–Crippen LogP) is 3.45. The van der Waals surface area contributed by atoms with Crippen LogP contribution in [-0.2, 0) is 28.9 Å². The van der Waals surface area contributed by atoms with Crippen molar-refractivity contribution in [3.05, 3.63) is 100.0 Å². The molecular weight excluding hydrogens is 498 g/mol. The van der Waals surface area contributed by atoms with E-state index in [1.807, 2.05) is 61.5 Å². The second kappa shape index (κ2) is 14.7. The number of nitrogens with one attached hydrogen (secondary N) is 2. The number of hydrogen-bond donors (Lipinski definition) is 5. The lowest BCUT2D eigenvalue weighted by molar-refractivity contribution is -0.119. The Bertz CT molecular complexity index is 1270. The maximum Gasteiger partial charge on any atom is 0.230 e. The highest BCUT2D eigenvalue weighted by Crippen LogP contribution is 2.18. The van der Waals surface area contributed by atoms with Crippen molar-refractivity contribution >= 4 is 28.3 Å². The summed E-state index contributed by atoms with van der Waals surface area (Å²) in [6.45, 7) is 1.90. The molecule has 8 N–H and O–H groups in total. The number of hydrogen-bond acceptors (Lipinski definition) is 8. The van der Waals surface area contributed by atoms with E-state index in [1.165, 1.54) is 11.3 Å². The molecule has 3 aromatic rings. The molecule has 0 aliphatic heterocycles. The van der Waals surface area contributed by atoms with Crippen molar-refractivity contribution in [1.82, 2.24) is 15.5 Å². The van der Waals surface area contributed by atoms with Gasteiger partial charge in [-0.15, -0.1) is 10.2 Å². The second-order valence-corrected chi connectivity index (χ2v) is 10.1. The summed E-state index contributed by atoms with van der Waals surface area (Å²) in [5.74, 6) is -0.0898. The van der Waals surface area contributed by atoms with Crippen LogP contribution in [0.15, 0.2) is 78.3 Å². The van der Waals surface area contributed by atoms with Gasteiger partial charge in [-0.1, -0.05) is 65.9 Å². The maximum atomic E-state index is 12.3. The van der Waals surface area contributed by atoms with Gasteiger partial charge in [0.25, 0.3) is 0 Å². The summed E-state index contributed by atoms with van der Waals surface area (Å²) in [4.78, 5) is 24.5. The molecule has 0 bridgehead atoms. The first-order chi connectivity index (χ1) is 18.3. The molecule has 0 spiro atoms. The number of benzene rings is 2. The first-order valence-corrected chi connectivity index (χ1v) is 13.3. The van der Waals surface area contributed by atoms with Crippen LogP contribution in [0, 0.1) is 0 Å². The summed E-state index contributed by atoms with van der Waals surface area (Å²) in [6, 6.07) is 17.1. The maximum absolute atomic E-state index is 12.3. The van der Waals surface area contributed by atoms with E-state index in [-0.39, 0.29) is 30.1 Å². The highest BCUT2D eigenvalue weighted by Gasteiger charge is 2.09. The van der Waals surface area contributed by atoms with Gasteiger partial charge < -0.3 is 27.8 Å². The summed E-state index contributed by atoms with van der Waals surface area (Å²) in [7, 11) is 0. The topological polar surface area (TPSA) is 162 Å². The number of nitrogens with zero attached hydrogens (tertiary/aromatic N) is 2. The third kappa shape index (κ3) is 10.2. The van der Waals surface area contributed by atoms with Crippen LogP contribution in [0.3, 0.4) is 0 Å². The Balaban J connectivity index is 1.35. The SMILES string of the molecule is CC(N)c1cccc(CC(=O)N/C(N)=C/C=C(\N)CCCCc2nnc(NC(=O)Cc3ccccc3)s2)c1. The summed E-state index contributed by atoms with van der Waals surface area (Å²) in [6.07, 6.45) is 6.97. The number of carbonyl (C=O) groups excluding carboxylic acids is 2. The van der Waals surface area contributed by atoms with Crippen molar-refractivity contribution in [2.45, 2.75) is 51.5 Å². The Morgan fingerprint density at radius 3 is 2.45 bits per heavy atom. The molecule has 10 heteroatoms. The molecule has 3 rings (SSSR count). The summed E-state index contributed by atoms with van der Waals surface area (Å²) < 4.78 is 0. The monoisotopic (exact) mass is 533 g/mol. The number of nitrogens with two attached hydrogens (primary N) is 3. The largest absolute Gasteiger partial charge is 0.402 e. The Morgan fingerprint density at radius 2 is 1.68 bits per heavy atom. The van der Waals surface area contributed by atoms with Crippen molar-refractivity contribution < 1.29 is 9.59 Å². The van der Waals surface area contributed by atoms with Crippen LogP contribution in [0.1, 0.15) is 53.9 Å². The van der Waals surface area contributed by atoms with Crippen LogP contribution >= 0.6 is 11.3 Å². The average Bonchev–Trinajstić information content (AvgIpc) is 3.32. The first-order valence-electron chi connectivity index (χ1n) is 12.5. The number of unbranched alkanes of at least 4 members (excludes halogenated alkanes) is 1. The lowest BCUT2D eigenvalue weighted by atomic mass is 10.0. The van der Waals surface area contributed by atoms with E-state index in [0.717, 1.165) is 41.0 Å². The fourth-order valence-corrected chi connectivity index (χ4v) is 4.45. The average molecular weight is 534 g/mol. The molecule has 38 heavy (non-hydrogen) atoms. The minimum absolute atomic E-state index is 0.0929. The number of aryl methyl sites for hydroxylation is 1. The third-order valence-corrected chi connectivity index (χ3v) is 6.53. The Kier molecular flexibility index (Phi) is 11.0. The molecule has 0 saturated heterocycles. The quantitative estimate of drug-likeness (QED) is 0.166. The molecule has 9 nitrogen and oxygen atoms in total. The van der Waals surface area contributed by atoms with Crippen LogP contribution in [-0.4, -0.2) is 22.0 Å². The van der Waals surface area contributed by atoms with Crippen molar-refractivity contribution in [2.24, 2.45) is 17.2 Å². The van der Waals surface area contributed by atoms with Gasteiger partial charge in [-0.3, -0.25) is 9.59 Å². The van der Waals surface area contributed by atoms with Crippen molar-refractivity contribution in [1.29, 1.82) is 0 Å². The van der Waals surface area contributed by atoms with Gasteiger partial charge in [0.15, 0.2) is 0 Å². The standard InChI is InChI=1S/C28H35N7O2S/c1-19(29)22-11-7-10-21(16-22)18-25(36)32-24(31)15-14-23(30)12-5-6-13-27-34-35-28(38-27)33-26(37)17-20-8-3-2-4-9-20/h2-4,7-11,14-16,19H,5-6,12-13,17-18,29-31H2,1H3,(H,32,36)(H,33,35,37)/b23-14-,24-15+. The van der Waals surface area contributed by atoms with Gasteiger partial charge in [-0.05, 0) is 55.0 Å². The predicted molar refractivity (Wildman–Crippen MR) is 152 cm³/mol. The molecule has 2 amide bonds. The number of rotatable bonds is 13. The zero-order valence-electron chi connectivity index (χ0n) is 21.5. The number of amides is 2. The smallest absolute Gasteiger partial charge is 0.230 e. The third-order valence-electron chi connectivity index (χ3n) is 5.63. The zero-order chi connectivity index (χ0) is 27.3. The fraction of sp³-hybridized carbons (Fsp3) is 0.286. The summed E-state index contributed by atoms with van der Waals surface area (Å²) in [5.41, 5.74) is 21.4. The normalized spacial score (nSPS) is 12.7. The number of carbonyl (C=O) groups is 2. The van der Waals surface area contributed by atoms with E-state index in [2.05, 4.69) is 20.8 Å². The number of anilines is 1. The Morgan fingerprint density at radius 1 is 0.947 bits per heavy atom. The van der Waals surface area contributed by atoms with Crippen LogP contribution in [0.25, 0.3) is 0 Å². The second-order valence-electron chi connectivity index (χ2n) is 9.04. The van der Waals surface area contributed by atoms with E-state index in [1.54, 1.807) is 12.2 Å². The van der Waals surface area contributed by atoms with Gasteiger partial charge >= 0.3 is 0 Å². The molecule has 2 aromatic carbocycles. The van der Waals surface area contributed by atoms with Crippen molar-refractivity contribution in [3.8, 4) is 0 Å². The number of allylic oxidation sites excluding steroid dienone is 3. The molecular formula is C28H35N7O2S. The lowest BCUT2D eigenvalue weighted by Crippen LogP contribution is -2.28. The number of aromatic nitrogens is 2. The molecule has 1 aromatic heterocycles. The molecule has 1 unspecified atom stereocenters. The van der Waals surface area contributed by atoms with Crippen LogP contribution in [0.5, 0.6) is 0 Å². The van der Waals surface area contributed by atoms with E-state index < -0.39 is 0 Å². The molecule has 1 atom stereocenters. The highest BCUT2D eigenvalue weighted by atomic mass is 32.1. The molecule has 1 heterocycles. The van der Waals surface area contributed by atoms with E-state index in [9.17, 15) is 9.59 Å². The molecule has 0 fully saturated rings. The molecule has 0 saturated carbocycles. The van der Waals surface area contributed by atoms with Crippen LogP contribution in [0.2, 0.25) is 0 Å². The molecule has 0 aliphatic rings. The fourth-order valence-electron chi connectivity index (χ4n) is 3.65. The lowest BCUT2D eigenvalue weighted by Gasteiger charge is -2.09. The minimum Gasteiger partial charge on any atom is -0.402 e. The van der Waals surface area contributed by atoms with Crippen LogP contribution in [0.4, 0.5) is 5.13 Å².